The molecule has 64 valence electrons. The number of anilines is 1. The summed E-state index contributed by atoms with van der Waals surface area (Å²) in [6.45, 7) is 0.971. The van der Waals surface area contributed by atoms with Crippen LogP contribution in [0.15, 0.2) is 16.8 Å². The van der Waals surface area contributed by atoms with Crippen molar-refractivity contribution < 1.29 is 0 Å². The van der Waals surface area contributed by atoms with Crippen molar-refractivity contribution in [3.63, 3.8) is 0 Å². The number of nitriles is 1. The Morgan fingerprint density at radius 2 is 2.42 bits per heavy atom. The van der Waals surface area contributed by atoms with E-state index in [9.17, 15) is 0 Å². The van der Waals surface area contributed by atoms with Gasteiger partial charge in [-0.2, -0.15) is 16.6 Å². The van der Waals surface area contributed by atoms with Gasteiger partial charge in [0.05, 0.1) is 6.07 Å². The summed E-state index contributed by atoms with van der Waals surface area (Å²) in [5, 5.41) is 15.7. The lowest BCUT2D eigenvalue weighted by Crippen LogP contribution is -1.99. The Morgan fingerprint density at radius 1 is 1.50 bits per heavy atom. The minimum absolute atomic E-state index is 0.672. The molecule has 0 radical (unpaired) electrons. The summed E-state index contributed by atoms with van der Waals surface area (Å²) < 4.78 is 0. The first-order valence-electron chi connectivity index (χ1n) is 4.06. The number of thiophene rings is 1. The van der Waals surface area contributed by atoms with Gasteiger partial charge in [0.25, 0.3) is 0 Å². The van der Waals surface area contributed by atoms with Crippen LogP contribution in [0, 0.1) is 11.3 Å². The molecule has 1 N–H and O–H groups in total. The van der Waals surface area contributed by atoms with Gasteiger partial charge < -0.3 is 5.32 Å². The third-order valence-corrected chi connectivity index (χ3v) is 2.25. The molecule has 1 heterocycles. The van der Waals surface area contributed by atoms with E-state index in [1.807, 2.05) is 0 Å². The highest BCUT2D eigenvalue weighted by molar-refractivity contribution is 7.08. The van der Waals surface area contributed by atoms with Crippen LogP contribution in [0.5, 0.6) is 0 Å². The van der Waals surface area contributed by atoms with E-state index in [4.69, 9.17) is 5.26 Å². The van der Waals surface area contributed by atoms with E-state index in [0.29, 0.717) is 6.42 Å². The van der Waals surface area contributed by atoms with Gasteiger partial charge >= 0.3 is 0 Å². The lowest BCUT2D eigenvalue weighted by atomic mass is 10.2. The lowest BCUT2D eigenvalue weighted by Gasteiger charge is -2.00. The zero-order valence-electron chi connectivity index (χ0n) is 6.92. The highest BCUT2D eigenvalue weighted by atomic mass is 32.1. The maximum atomic E-state index is 8.28. The Kier molecular flexibility index (Phi) is 4.25. The molecule has 0 aliphatic heterocycles. The first-order chi connectivity index (χ1) is 5.93. The summed E-state index contributed by atoms with van der Waals surface area (Å²) in [7, 11) is 0. The van der Waals surface area contributed by atoms with Gasteiger partial charge in [-0.25, -0.2) is 0 Å². The molecule has 0 aromatic carbocycles. The van der Waals surface area contributed by atoms with Crippen LogP contribution in [0.4, 0.5) is 5.69 Å². The monoisotopic (exact) mass is 180 g/mol. The maximum absolute atomic E-state index is 8.28. The van der Waals surface area contributed by atoms with Crippen molar-refractivity contribution in [2.45, 2.75) is 19.3 Å². The number of nitrogens with one attached hydrogen (secondary N) is 1. The largest absolute Gasteiger partial charge is 0.384 e. The molecule has 0 atom stereocenters. The second kappa shape index (κ2) is 5.62. The second-order valence-electron chi connectivity index (χ2n) is 2.55. The predicted octanol–water partition coefficient (Wildman–Crippen LogP) is 2.85. The van der Waals surface area contributed by atoms with Crippen molar-refractivity contribution in [1.82, 2.24) is 0 Å². The molecule has 12 heavy (non-hydrogen) atoms. The summed E-state index contributed by atoms with van der Waals surface area (Å²) in [4.78, 5) is 0. The fourth-order valence-corrected chi connectivity index (χ4v) is 1.54. The number of hydrogen-bond donors (Lipinski definition) is 1. The molecule has 0 fully saturated rings. The van der Waals surface area contributed by atoms with Crippen LogP contribution in [-0.4, -0.2) is 6.54 Å². The zero-order chi connectivity index (χ0) is 8.65. The van der Waals surface area contributed by atoms with Crippen molar-refractivity contribution in [2.75, 3.05) is 11.9 Å². The number of rotatable bonds is 5. The van der Waals surface area contributed by atoms with E-state index >= 15 is 0 Å². The summed E-state index contributed by atoms with van der Waals surface area (Å²) in [6, 6.07) is 4.20. The predicted molar refractivity (Wildman–Crippen MR) is 52.3 cm³/mol. The normalized spacial score (nSPS) is 9.25. The fraction of sp³-hybridized carbons (Fsp3) is 0.444. The van der Waals surface area contributed by atoms with Gasteiger partial charge in [0, 0.05) is 24.0 Å². The minimum Gasteiger partial charge on any atom is -0.384 e. The molecular weight excluding hydrogens is 168 g/mol. The molecule has 0 aliphatic carbocycles. The summed E-state index contributed by atoms with van der Waals surface area (Å²) in [5.41, 5.74) is 1.19. The van der Waals surface area contributed by atoms with Crippen molar-refractivity contribution in [3.05, 3.63) is 16.8 Å². The smallest absolute Gasteiger partial charge is 0.0621 e. The Labute approximate surface area is 76.8 Å². The van der Waals surface area contributed by atoms with Crippen LogP contribution in [0.1, 0.15) is 19.3 Å². The summed E-state index contributed by atoms with van der Waals surface area (Å²) in [5.74, 6) is 0. The first-order valence-corrected chi connectivity index (χ1v) is 5.01. The van der Waals surface area contributed by atoms with Crippen molar-refractivity contribution in [3.8, 4) is 6.07 Å². The number of hydrogen-bond acceptors (Lipinski definition) is 3. The third kappa shape index (κ3) is 3.40. The van der Waals surface area contributed by atoms with Gasteiger partial charge in [0.2, 0.25) is 0 Å². The van der Waals surface area contributed by atoms with Crippen LogP contribution < -0.4 is 5.32 Å². The molecule has 2 nitrogen and oxygen atoms in total. The van der Waals surface area contributed by atoms with E-state index in [0.717, 1.165) is 19.4 Å². The van der Waals surface area contributed by atoms with Crippen LogP contribution in [0.25, 0.3) is 0 Å². The number of unbranched alkanes of at least 4 members (excludes halogenated alkanes) is 2. The van der Waals surface area contributed by atoms with Crippen LogP contribution in [0.3, 0.4) is 0 Å². The molecule has 0 saturated carbocycles. The van der Waals surface area contributed by atoms with Gasteiger partial charge in [-0.15, -0.1) is 0 Å². The zero-order valence-corrected chi connectivity index (χ0v) is 7.73. The molecule has 1 rings (SSSR count). The standard InChI is InChI=1S/C9H12N2S/c10-5-2-1-3-6-11-9-4-7-12-8-9/h4,7-8,11H,1-3,6H2. The highest BCUT2D eigenvalue weighted by Crippen LogP contribution is 2.11. The topological polar surface area (TPSA) is 35.8 Å². The van der Waals surface area contributed by atoms with E-state index in [1.165, 1.54) is 5.69 Å². The van der Waals surface area contributed by atoms with Crippen molar-refractivity contribution in [2.24, 2.45) is 0 Å². The summed E-state index contributed by atoms with van der Waals surface area (Å²) in [6.07, 6.45) is 2.74. The van der Waals surface area contributed by atoms with E-state index in [1.54, 1.807) is 11.3 Å². The number of nitrogens with zero attached hydrogens (tertiary/aromatic N) is 1. The van der Waals surface area contributed by atoms with Gasteiger partial charge in [0.15, 0.2) is 0 Å². The minimum atomic E-state index is 0.672. The molecule has 0 aliphatic rings. The van der Waals surface area contributed by atoms with Crippen LogP contribution >= 0.6 is 11.3 Å². The van der Waals surface area contributed by atoms with Crippen molar-refractivity contribution in [1.29, 1.82) is 5.26 Å². The van der Waals surface area contributed by atoms with E-state index < -0.39 is 0 Å². The van der Waals surface area contributed by atoms with Crippen molar-refractivity contribution >= 4 is 17.0 Å². The SMILES string of the molecule is N#CCCCCNc1ccsc1. The molecule has 3 heteroatoms. The molecule has 0 unspecified atom stereocenters. The molecule has 0 bridgehead atoms. The van der Waals surface area contributed by atoms with Gasteiger partial charge in [-0.05, 0) is 24.3 Å². The lowest BCUT2D eigenvalue weighted by molar-refractivity contribution is 0.785. The Balaban J connectivity index is 2.01. The quantitative estimate of drug-likeness (QED) is 0.707. The highest BCUT2D eigenvalue weighted by Gasteiger charge is 1.90. The van der Waals surface area contributed by atoms with E-state index in [-0.39, 0.29) is 0 Å². The maximum Gasteiger partial charge on any atom is 0.0621 e. The molecule has 1 aromatic rings. The average Bonchev–Trinajstić information content (AvgIpc) is 2.57. The van der Waals surface area contributed by atoms with Crippen LogP contribution in [-0.2, 0) is 0 Å². The Bertz CT molecular complexity index is 236. The Hall–Kier alpha value is -1.01. The van der Waals surface area contributed by atoms with Gasteiger partial charge in [0.1, 0.15) is 0 Å². The van der Waals surface area contributed by atoms with Gasteiger partial charge in [-0.1, -0.05) is 0 Å². The molecule has 0 spiro atoms. The third-order valence-electron chi connectivity index (χ3n) is 1.57. The van der Waals surface area contributed by atoms with E-state index in [2.05, 4.69) is 28.2 Å². The Morgan fingerprint density at radius 3 is 3.08 bits per heavy atom. The average molecular weight is 180 g/mol. The molecule has 0 saturated heterocycles. The molecule has 0 amide bonds. The molecular formula is C9H12N2S. The fourth-order valence-electron chi connectivity index (χ4n) is 0.927. The first kappa shape index (κ1) is 9.08. The summed E-state index contributed by atoms with van der Waals surface area (Å²) >= 11 is 1.69. The van der Waals surface area contributed by atoms with Gasteiger partial charge in [-0.3, -0.25) is 0 Å². The van der Waals surface area contributed by atoms with Crippen LogP contribution in [0.2, 0.25) is 0 Å². The second-order valence-corrected chi connectivity index (χ2v) is 3.33. The molecule has 1 aromatic heterocycles.